The minimum atomic E-state index is -4.32. The van der Waals surface area contributed by atoms with E-state index in [1.165, 1.54) is 0 Å². The van der Waals surface area contributed by atoms with Gasteiger partial charge in [0.05, 0.1) is 11.9 Å². The average molecular weight is 255 g/mol. The second-order valence-electron chi connectivity index (χ2n) is 3.52. The Morgan fingerprint density at radius 3 is 2.19 bits per heavy atom. The van der Waals surface area contributed by atoms with Crippen molar-refractivity contribution < 1.29 is 17.0 Å². The molecule has 6 heteroatoms. The van der Waals surface area contributed by atoms with Crippen LogP contribution in [0.3, 0.4) is 0 Å². The van der Waals surface area contributed by atoms with Crippen LogP contribution in [0.25, 0.3) is 0 Å². The minimum absolute atomic E-state index is 0.272. The SMILES string of the molecule is CC.COC1CCN(CCS(=O)(=O)F)CC1. The van der Waals surface area contributed by atoms with Crippen LogP contribution in [0, 0.1) is 0 Å². The summed E-state index contributed by atoms with van der Waals surface area (Å²) in [5.41, 5.74) is 0. The number of hydrogen-bond acceptors (Lipinski definition) is 4. The van der Waals surface area contributed by atoms with Crippen LogP contribution in [-0.2, 0) is 15.0 Å². The third-order valence-corrected chi connectivity index (χ3v) is 3.19. The molecule has 0 aliphatic carbocycles. The lowest BCUT2D eigenvalue weighted by Crippen LogP contribution is -2.38. The molecule has 1 aliphatic rings. The molecule has 1 rings (SSSR count). The fraction of sp³-hybridized carbons (Fsp3) is 1.00. The van der Waals surface area contributed by atoms with Gasteiger partial charge in [-0.05, 0) is 12.8 Å². The Kier molecular flexibility index (Phi) is 7.87. The minimum Gasteiger partial charge on any atom is -0.381 e. The highest BCUT2D eigenvalue weighted by atomic mass is 32.3. The number of likely N-dealkylation sites (tertiary alicyclic amines) is 1. The predicted octanol–water partition coefficient (Wildman–Crippen LogP) is 1.42. The van der Waals surface area contributed by atoms with Gasteiger partial charge in [-0.1, -0.05) is 13.8 Å². The van der Waals surface area contributed by atoms with Gasteiger partial charge in [0.1, 0.15) is 0 Å². The van der Waals surface area contributed by atoms with Crippen molar-refractivity contribution in [3.63, 3.8) is 0 Å². The second-order valence-corrected chi connectivity index (χ2v) is 5.01. The zero-order valence-electron chi connectivity index (χ0n) is 10.3. The zero-order chi connectivity index (χ0) is 12.6. The van der Waals surface area contributed by atoms with Crippen LogP contribution in [-0.4, -0.2) is 51.9 Å². The average Bonchev–Trinajstić information content (AvgIpc) is 2.29. The number of halogens is 1. The van der Waals surface area contributed by atoms with Crippen molar-refractivity contribution in [2.75, 3.05) is 32.5 Å². The molecule has 1 heterocycles. The van der Waals surface area contributed by atoms with E-state index in [1.807, 2.05) is 18.7 Å². The molecule has 0 aromatic rings. The monoisotopic (exact) mass is 255 g/mol. The summed E-state index contributed by atoms with van der Waals surface area (Å²) in [7, 11) is -2.64. The van der Waals surface area contributed by atoms with Crippen LogP contribution in [0.4, 0.5) is 3.89 Å². The van der Waals surface area contributed by atoms with E-state index in [2.05, 4.69) is 0 Å². The van der Waals surface area contributed by atoms with Gasteiger partial charge in [0.25, 0.3) is 0 Å². The largest absolute Gasteiger partial charge is 0.381 e. The first-order valence-electron chi connectivity index (χ1n) is 5.69. The van der Waals surface area contributed by atoms with Gasteiger partial charge in [-0.2, -0.15) is 8.42 Å². The molecule has 0 bridgehead atoms. The van der Waals surface area contributed by atoms with E-state index in [4.69, 9.17) is 4.74 Å². The van der Waals surface area contributed by atoms with Crippen LogP contribution in [0.2, 0.25) is 0 Å². The van der Waals surface area contributed by atoms with E-state index in [-0.39, 0.29) is 12.6 Å². The van der Waals surface area contributed by atoms with E-state index in [0.717, 1.165) is 25.9 Å². The number of nitrogens with zero attached hydrogens (tertiary/aromatic N) is 1. The highest BCUT2D eigenvalue weighted by Crippen LogP contribution is 2.12. The number of ether oxygens (including phenoxy) is 1. The first-order chi connectivity index (χ1) is 7.51. The molecule has 16 heavy (non-hydrogen) atoms. The van der Waals surface area contributed by atoms with Gasteiger partial charge < -0.3 is 9.64 Å². The van der Waals surface area contributed by atoms with Crippen molar-refractivity contribution in [3.05, 3.63) is 0 Å². The molecule has 98 valence electrons. The van der Waals surface area contributed by atoms with Crippen LogP contribution >= 0.6 is 0 Å². The molecule has 0 unspecified atom stereocenters. The summed E-state index contributed by atoms with van der Waals surface area (Å²) < 4.78 is 37.9. The molecule has 0 aromatic carbocycles. The molecular formula is C10H22FNO3S. The van der Waals surface area contributed by atoms with Crippen molar-refractivity contribution in [2.24, 2.45) is 0 Å². The lowest BCUT2D eigenvalue weighted by Gasteiger charge is -2.30. The molecule has 0 N–H and O–H groups in total. The molecule has 0 radical (unpaired) electrons. The first kappa shape index (κ1) is 15.8. The van der Waals surface area contributed by atoms with Gasteiger partial charge in [0.2, 0.25) is 0 Å². The predicted molar refractivity (Wildman–Crippen MR) is 62.7 cm³/mol. The first-order valence-corrected chi connectivity index (χ1v) is 7.24. The fourth-order valence-electron chi connectivity index (χ4n) is 1.61. The van der Waals surface area contributed by atoms with Crippen molar-refractivity contribution in [2.45, 2.75) is 32.8 Å². The zero-order valence-corrected chi connectivity index (χ0v) is 11.1. The van der Waals surface area contributed by atoms with Crippen LogP contribution in [0.1, 0.15) is 26.7 Å². The van der Waals surface area contributed by atoms with Crippen molar-refractivity contribution in [1.82, 2.24) is 4.90 Å². The van der Waals surface area contributed by atoms with Crippen molar-refractivity contribution in [3.8, 4) is 0 Å². The molecule has 4 nitrogen and oxygen atoms in total. The molecule has 0 aromatic heterocycles. The topological polar surface area (TPSA) is 46.6 Å². The normalized spacial score (nSPS) is 19.0. The molecule has 1 saturated heterocycles. The van der Waals surface area contributed by atoms with E-state index in [0.29, 0.717) is 0 Å². The Labute approximate surface area is 98.0 Å². The lowest BCUT2D eigenvalue weighted by atomic mass is 10.1. The third kappa shape index (κ3) is 7.14. The Morgan fingerprint density at radius 2 is 1.81 bits per heavy atom. The molecule has 0 amide bonds. The molecule has 0 saturated carbocycles. The Balaban J connectivity index is 0.00000106. The Morgan fingerprint density at radius 1 is 1.31 bits per heavy atom. The highest BCUT2D eigenvalue weighted by molar-refractivity contribution is 7.86. The number of methoxy groups -OCH3 is 1. The van der Waals surface area contributed by atoms with E-state index >= 15 is 0 Å². The molecule has 1 fully saturated rings. The van der Waals surface area contributed by atoms with E-state index in [1.54, 1.807) is 7.11 Å². The maximum Gasteiger partial charge on any atom is 0.303 e. The maximum atomic E-state index is 12.2. The standard InChI is InChI=1S/C8H16FNO3S.C2H6/c1-13-8-2-4-10(5-3-8)6-7-14(9,11)12;1-2/h8H,2-7H2,1H3;1-2H3. The summed E-state index contributed by atoms with van der Waals surface area (Å²) >= 11 is 0. The summed E-state index contributed by atoms with van der Waals surface area (Å²) in [4.78, 5) is 1.95. The summed E-state index contributed by atoms with van der Waals surface area (Å²) in [6.45, 7) is 5.86. The van der Waals surface area contributed by atoms with Gasteiger partial charge in [-0.15, -0.1) is 3.89 Å². The maximum absolute atomic E-state index is 12.2. The van der Waals surface area contributed by atoms with Crippen LogP contribution in [0.15, 0.2) is 0 Å². The summed E-state index contributed by atoms with van der Waals surface area (Å²) in [5, 5.41) is 0. The third-order valence-electron chi connectivity index (χ3n) is 2.52. The molecule has 1 aliphatic heterocycles. The van der Waals surface area contributed by atoms with Gasteiger partial charge in [0, 0.05) is 26.7 Å². The Hall–Kier alpha value is -0.200. The van der Waals surface area contributed by atoms with Gasteiger partial charge >= 0.3 is 10.2 Å². The smallest absolute Gasteiger partial charge is 0.303 e. The van der Waals surface area contributed by atoms with Crippen molar-refractivity contribution >= 4 is 10.2 Å². The van der Waals surface area contributed by atoms with Gasteiger partial charge in [-0.3, -0.25) is 0 Å². The number of hydrogen-bond donors (Lipinski definition) is 0. The Bertz CT molecular complexity index is 261. The molecular weight excluding hydrogens is 233 g/mol. The van der Waals surface area contributed by atoms with Gasteiger partial charge in [-0.25, -0.2) is 0 Å². The van der Waals surface area contributed by atoms with Crippen LogP contribution < -0.4 is 0 Å². The second kappa shape index (κ2) is 7.97. The summed E-state index contributed by atoms with van der Waals surface area (Å²) in [6.07, 6.45) is 2.05. The quantitative estimate of drug-likeness (QED) is 0.713. The highest BCUT2D eigenvalue weighted by Gasteiger charge is 2.19. The lowest BCUT2D eigenvalue weighted by molar-refractivity contribution is 0.0429. The fourth-order valence-corrected chi connectivity index (χ4v) is 2.08. The van der Waals surface area contributed by atoms with Crippen LogP contribution in [0.5, 0.6) is 0 Å². The van der Waals surface area contributed by atoms with Gasteiger partial charge in [0.15, 0.2) is 0 Å². The molecule has 0 atom stereocenters. The van der Waals surface area contributed by atoms with Crippen molar-refractivity contribution in [1.29, 1.82) is 0 Å². The van der Waals surface area contributed by atoms with E-state index < -0.39 is 16.0 Å². The summed E-state index contributed by atoms with van der Waals surface area (Å²) in [6, 6.07) is 0. The number of rotatable bonds is 4. The summed E-state index contributed by atoms with van der Waals surface area (Å²) in [5.74, 6) is -0.398. The number of piperidine rings is 1. The molecule has 0 spiro atoms. The van der Waals surface area contributed by atoms with E-state index in [9.17, 15) is 12.3 Å².